The maximum Gasteiger partial charge on any atom is 0.411 e. The molecule has 7 nitrogen and oxygen atoms in total. The van der Waals surface area contributed by atoms with E-state index < -0.39 is 6.09 Å². The first-order valence-corrected chi connectivity index (χ1v) is 10.2. The Morgan fingerprint density at radius 3 is 2.38 bits per heavy atom. The van der Waals surface area contributed by atoms with Crippen molar-refractivity contribution in [3.63, 3.8) is 0 Å². The van der Waals surface area contributed by atoms with Crippen molar-refractivity contribution in [2.24, 2.45) is 0 Å². The van der Waals surface area contributed by atoms with Crippen LogP contribution in [-0.2, 0) is 4.74 Å². The number of nitrogens with one attached hydrogen (secondary N) is 1. The molecule has 32 heavy (non-hydrogen) atoms. The van der Waals surface area contributed by atoms with Crippen LogP contribution in [0.2, 0.25) is 5.02 Å². The van der Waals surface area contributed by atoms with Crippen molar-refractivity contribution in [3.8, 4) is 11.3 Å². The summed E-state index contributed by atoms with van der Waals surface area (Å²) >= 11 is 5.97. The number of fused-ring (bicyclic) bond motifs is 1. The number of methoxy groups -OCH3 is 1. The molecule has 0 aliphatic rings. The highest BCUT2D eigenvalue weighted by molar-refractivity contribution is 6.30. The molecule has 0 atom stereocenters. The van der Waals surface area contributed by atoms with Gasteiger partial charge in [0.1, 0.15) is 5.65 Å². The monoisotopic (exact) mass is 448 g/mol. The highest BCUT2D eigenvalue weighted by atomic mass is 35.5. The van der Waals surface area contributed by atoms with Crippen molar-refractivity contribution in [3.05, 3.63) is 83.1 Å². The fourth-order valence-corrected chi connectivity index (χ4v) is 3.65. The number of pyridine rings is 1. The predicted octanol–water partition coefficient (Wildman–Crippen LogP) is 5.42. The molecule has 0 unspecified atom stereocenters. The number of nitrogens with zero attached hydrogens (tertiary/aromatic N) is 3. The van der Waals surface area contributed by atoms with Crippen LogP contribution in [0.4, 0.5) is 16.2 Å². The maximum atomic E-state index is 13.2. The zero-order valence-electron chi connectivity index (χ0n) is 17.8. The summed E-state index contributed by atoms with van der Waals surface area (Å²) in [6, 6.07) is 18.1. The number of carbonyl (C=O) groups excluding carboxylic acids is 2. The summed E-state index contributed by atoms with van der Waals surface area (Å²) in [5.74, 6) is -0.135. The van der Waals surface area contributed by atoms with Crippen molar-refractivity contribution in [1.29, 1.82) is 0 Å². The molecule has 162 valence electrons. The second-order valence-corrected chi connectivity index (χ2v) is 7.64. The van der Waals surface area contributed by atoms with E-state index in [1.165, 1.54) is 7.11 Å². The molecule has 2 aromatic carbocycles. The molecular formula is C24H21ClN4O3. The lowest BCUT2D eigenvalue weighted by atomic mass is 10.1. The molecule has 4 rings (SSSR count). The van der Waals surface area contributed by atoms with Gasteiger partial charge >= 0.3 is 6.09 Å². The number of aryl methyl sites for hydroxylation is 1. The molecule has 2 aromatic heterocycles. The number of hydrogen-bond acceptors (Lipinski definition) is 4. The summed E-state index contributed by atoms with van der Waals surface area (Å²) in [5, 5.41) is 3.24. The summed E-state index contributed by atoms with van der Waals surface area (Å²) in [7, 11) is 3.05. The summed E-state index contributed by atoms with van der Waals surface area (Å²) in [4.78, 5) is 30.7. The van der Waals surface area contributed by atoms with E-state index >= 15 is 0 Å². The Hall–Kier alpha value is -3.84. The van der Waals surface area contributed by atoms with Crippen LogP contribution in [0.15, 0.2) is 66.9 Å². The Morgan fingerprint density at radius 1 is 1.03 bits per heavy atom. The minimum Gasteiger partial charge on any atom is -0.453 e. The van der Waals surface area contributed by atoms with Crippen molar-refractivity contribution in [1.82, 2.24) is 9.38 Å². The third-order valence-electron chi connectivity index (χ3n) is 5.27. The van der Waals surface area contributed by atoms with E-state index in [2.05, 4.69) is 15.0 Å². The van der Waals surface area contributed by atoms with Gasteiger partial charge in [-0.2, -0.15) is 0 Å². The minimum absolute atomic E-state index is 0.135. The van der Waals surface area contributed by atoms with Gasteiger partial charge in [-0.3, -0.25) is 14.5 Å². The normalized spacial score (nSPS) is 10.8. The van der Waals surface area contributed by atoms with E-state index in [4.69, 9.17) is 11.6 Å². The lowest BCUT2D eigenvalue weighted by molar-refractivity contribution is 0.0992. The van der Waals surface area contributed by atoms with Crippen LogP contribution in [0.5, 0.6) is 0 Å². The van der Waals surface area contributed by atoms with Crippen LogP contribution in [0.1, 0.15) is 16.1 Å². The number of amides is 2. The first kappa shape index (κ1) is 21.4. The van der Waals surface area contributed by atoms with Crippen LogP contribution in [0.25, 0.3) is 16.9 Å². The quantitative estimate of drug-likeness (QED) is 0.452. The molecule has 0 saturated carbocycles. The van der Waals surface area contributed by atoms with Crippen LogP contribution in [-0.4, -0.2) is 35.5 Å². The fraction of sp³-hybridized carbons (Fsp3) is 0.125. The summed E-state index contributed by atoms with van der Waals surface area (Å²) in [6.07, 6.45) is 1.23. The summed E-state index contributed by atoms with van der Waals surface area (Å²) in [5.41, 5.74) is 5.18. The third kappa shape index (κ3) is 4.02. The van der Waals surface area contributed by atoms with Gasteiger partial charge in [-0.1, -0.05) is 23.7 Å². The highest BCUT2D eigenvalue weighted by Crippen LogP contribution is 2.27. The number of benzene rings is 2. The average molecular weight is 449 g/mol. The van der Waals surface area contributed by atoms with Crippen LogP contribution >= 0.6 is 11.6 Å². The fourth-order valence-electron chi connectivity index (χ4n) is 3.52. The Bertz CT molecular complexity index is 1300. The van der Waals surface area contributed by atoms with E-state index in [9.17, 15) is 9.59 Å². The van der Waals surface area contributed by atoms with Crippen molar-refractivity contribution in [2.45, 2.75) is 6.92 Å². The number of hydrogen-bond donors (Lipinski definition) is 1. The van der Waals surface area contributed by atoms with Gasteiger partial charge in [0.2, 0.25) is 0 Å². The van der Waals surface area contributed by atoms with Gasteiger partial charge in [0.15, 0.2) is 0 Å². The van der Waals surface area contributed by atoms with Gasteiger partial charge in [0.05, 0.1) is 24.6 Å². The van der Waals surface area contributed by atoms with Gasteiger partial charge < -0.3 is 9.64 Å². The van der Waals surface area contributed by atoms with Gasteiger partial charge in [-0.25, -0.2) is 9.78 Å². The minimum atomic E-state index is -0.531. The Morgan fingerprint density at radius 2 is 1.72 bits per heavy atom. The van der Waals surface area contributed by atoms with Gasteiger partial charge in [0.25, 0.3) is 5.91 Å². The number of anilines is 2. The molecular weight excluding hydrogens is 428 g/mol. The molecule has 0 aliphatic heterocycles. The van der Waals surface area contributed by atoms with E-state index in [1.54, 1.807) is 60.6 Å². The lowest BCUT2D eigenvalue weighted by Crippen LogP contribution is -2.27. The third-order valence-corrected chi connectivity index (χ3v) is 5.53. The Balaban J connectivity index is 1.70. The van der Waals surface area contributed by atoms with Gasteiger partial charge in [0, 0.05) is 34.7 Å². The van der Waals surface area contributed by atoms with Crippen LogP contribution < -0.4 is 10.2 Å². The second-order valence-electron chi connectivity index (χ2n) is 7.20. The SMILES string of the molecule is COC(=O)Nc1ccc(-c2cnc3ccc(C(=O)N(C)c4ccc(Cl)cc4)c(C)n23)cc1. The molecule has 0 aliphatic carbocycles. The van der Waals surface area contributed by atoms with E-state index in [-0.39, 0.29) is 5.91 Å². The molecule has 0 saturated heterocycles. The van der Waals surface area contributed by atoms with Crippen LogP contribution in [0.3, 0.4) is 0 Å². The van der Waals surface area contributed by atoms with Crippen molar-refractivity contribution >= 4 is 40.6 Å². The van der Waals surface area contributed by atoms with Crippen molar-refractivity contribution < 1.29 is 14.3 Å². The lowest BCUT2D eigenvalue weighted by Gasteiger charge is -2.19. The average Bonchev–Trinajstić information content (AvgIpc) is 3.24. The zero-order valence-corrected chi connectivity index (χ0v) is 18.6. The topological polar surface area (TPSA) is 75.9 Å². The molecule has 8 heteroatoms. The molecule has 2 amide bonds. The Labute approximate surface area is 190 Å². The number of aromatic nitrogens is 2. The molecule has 2 heterocycles. The summed E-state index contributed by atoms with van der Waals surface area (Å²) in [6.45, 7) is 1.90. The number of halogens is 1. The van der Waals surface area contributed by atoms with Crippen molar-refractivity contribution in [2.75, 3.05) is 24.4 Å². The highest BCUT2D eigenvalue weighted by Gasteiger charge is 2.19. The molecule has 0 fully saturated rings. The number of carbonyl (C=O) groups is 2. The second kappa shape index (κ2) is 8.72. The van der Waals surface area contributed by atoms with E-state index in [0.717, 1.165) is 28.3 Å². The largest absolute Gasteiger partial charge is 0.453 e. The first-order valence-electron chi connectivity index (χ1n) is 9.85. The first-order chi connectivity index (χ1) is 15.4. The molecule has 1 N–H and O–H groups in total. The van der Waals surface area contributed by atoms with Crippen LogP contribution in [0, 0.1) is 6.92 Å². The van der Waals surface area contributed by atoms with E-state index in [0.29, 0.717) is 16.3 Å². The summed E-state index contributed by atoms with van der Waals surface area (Å²) < 4.78 is 6.57. The molecule has 0 bridgehead atoms. The molecule has 4 aromatic rings. The number of imidazole rings is 1. The maximum absolute atomic E-state index is 13.2. The molecule has 0 spiro atoms. The standard InChI is InChI=1S/C24H21ClN4O3/c1-15-20(23(30)28(2)19-10-6-17(25)7-11-19)12-13-22-26-14-21(29(15)22)16-4-8-18(9-5-16)27-24(31)32-3/h4-14H,1-3H3,(H,27,31). The Kier molecular flexibility index (Phi) is 5.83. The zero-order chi connectivity index (χ0) is 22.8. The van der Waals surface area contributed by atoms with Gasteiger partial charge in [-0.15, -0.1) is 0 Å². The number of rotatable bonds is 4. The predicted molar refractivity (Wildman–Crippen MR) is 126 cm³/mol. The smallest absolute Gasteiger partial charge is 0.411 e. The van der Waals surface area contributed by atoms with Gasteiger partial charge in [-0.05, 0) is 55.5 Å². The van der Waals surface area contributed by atoms with E-state index in [1.807, 2.05) is 29.5 Å². The molecule has 0 radical (unpaired) electrons. The number of ether oxygens (including phenoxy) is 1.